The van der Waals surface area contributed by atoms with Crippen LogP contribution in [0.3, 0.4) is 0 Å². The van der Waals surface area contributed by atoms with E-state index in [1.165, 1.54) is 23.5 Å². The summed E-state index contributed by atoms with van der Waals surface area (Å²) in [6.45, 7) is 4.28. The Hall–Kier alpha value is -2.77. The van der Waals surface area contributed by atoms with E-state index in [0.29, 0.717) is 26.4 Å². The summed E-state index contributed by atoms with van der Waals surface area (Å²) >= 11 is 1.51. The third-order valence-electron chi connectivity index (χ3n) is 5.84. The van der Waals surface area contributed by atoms with E-state index in [4.69, 9.17) is 9.47 Å². The number of thiazole rings is 1. The molecule has 7 heteroatoms. The highest BCUT2D eigenvalue weighted by atomic mass is 32.1. The minimum Gasteiger partial charge on any atom is -0.493 e. The van der Waals surface area contributed by atoms with Crippen molar-refractivity contribution in [2.75, 3.05) is 26.4 Å². The quantitative estimate of drug-likeness (QED) is 0.533. The molecule has 5 nitrogen and oxygen atoms in total. The molecule has 0 saturated carbocycles. The summed E-state index contributed by atoms with van der Waals surface area (Å²) in [5.41, 5.74) is 2.46. The van der Waals surface area contributed by atoms with E-state index in [0.717, 1.165) is 40.4 Å². The maximum absolute atomic E-state index is 13.4. The first-order valence-electron chi connectivity index (χ1n) is 10.9. The highest BCUT2D eigenvalue weighted by molar-refractivity contribution is 7.13. The van der Waals surface area contributed by atoms with Gasteiger partial charge in [-0.3, -0.25) is 4.79 Å². The van der Waals surface area contributed by atoms with E-state index >= 15 is 0 Å². The molecule has 2 aromatic carbocycles. The summed E-state index contributed by atoms with van der Waals surface area (Å²) in [6, 6.07) is 14.4. The number of hydrogen-bond acceptors (Lipinski definition) is 5. The molecule has 2 heterocycles. The normalized spacial score (nSPS) is 15.3. The molecular weight excluding hydrogens is 427 g/mol. The molecule has 1 fully saturated rings. The van der Waals surface area contributed by atoms with E-state index in [1.54, 1.807) is 0 Å². The lowest BCUT2D eigenvalue weighted by Gasteiger charge is -2.38. The van der Waals surface area contributed by atoms with Gasteiger partial charge in [-0.15, -0.1) is 11.3 Å². The third kappa shape index (κ3) is 5.16. The van der Waals surface area contributed by atoms with Crippen LogP contribution in [0.15, 0.2) is 53.9 Å². The first-order chi connectivity index (χ1) is 15.6. The van der Waals surface area contributed by atoms with E-state index < -0.39 is 0 Å². The number of rotatable bonds is 8. The molecule has 3 aromatic rings. The number of ether oxygens (including phenoxy) is 2. The van der Waals surface area contributed by atoms with Crippen molar-refractivity contribution in [3.8, 4) is 16.3 Å². The Balaban J connectivity index is 1.42. The Kier molecular flexibility index (Phi) is 7.17. The fourth-order valence-corrected chi connectivity index (χ4v) is 4.91. The molecule has 168 valence electrons. The SMILES string of the molecule is CCOc1ccccc1-c1nc(CC(=O)NCC2(c3ccc(F)cc3)CCOCC2)cs1. The number of amides is 1. The maximum atomic E-state index is 13.4. The number of para-hydroxylation sites is 1. The highest BCUT2D eigenvalue weighted by Gasteiger charge is 2.35. The lowest BCUT2D eigenvalue weighted by Crippen LogP contribution is -2.45. The summed E-state index contributed by atoms with van der Waals surface area (Å²) < 4.78 is 24.7. The van der Waals surface area contributed by atoms with Gasteiger partial charge in [0, 0.05) is 30.6 Å². The Bertz CT molecular complexity index is 1050. The van der Waals surface area contributed by atoms with Gasteiger partial charge < -0.3 is 14.8 Å². The molecule has 0 unspecified atom stereocenters. The summed E-state index contributed by atoms with van der Waals surface area (Å²) in [5, 5.41) is 5.84. The number of benzene rings is 2. The molecule has 0 aliphatic carbocycles. The third-order valence-corrected chi connectivity index (χ3v) is 6.77. The van der Waals surface area contributed by atoms with E-state index in [9.17, 15) is 9.18 Å². The molecule has 1 N–H and O–H groups in total. The number of carbonyl (C=O) groups excluding carboxylic acids is 1. The standard InChI is InChI=1S/C25H27FN2O3S/c1-2-31-22-6-4-3-5-21(22)24-28-20(16-32-24)15-23(29)27-17-25(11-13-30-14-12-25)18-7-9-19(26)10-8-18/h3-10,16H,2,11-15,17H2,1H3,(H,27,29). The van der Waals surface area contributed by atoms with Crippen molar-refractivity contribution in [3.63, 3.8) is 0 Å². The number of carbonyl (C=O) groups is 1. The van der Waals surface area contributed by atoms with Crippen molar-refractivity contribution in [1.29, 1.82) is 0 Å². The summed E-state index contributed by atoms with van der Waals surface area (Å²) in [5.74, 6) is 0.458. The Morgan fingerprint density at radius 1 is 1.19 bits per heavy atom. The van der Waals surface area contributed by atoms with Gasteiger partial charge in [0.2, 0.25) is 5.91 Å². The zero-order valence-corrected chi connectivity index (χ0v) is 18.9. The van der Waals surface area contributed by atoms with Crippen molar-refractivity contribution >= 4 is 17.2 Å². The predicted molar refractivity (Wildman–Crippen MR) is 124 cm³/mol. The largest absolute Gasteiger partial charge is 0.493 e. The minimum absolute atomic E-state index is 0.0760. The maximum Gasteiger partial charge on any atom is 0.226 e. The number of nitrogens with one attached hydrogen (secondary N) is 1. The van der Waals surface area contributed by atoms with Crippen LogP contribution in [0.2, 0.25) is 0 Å². The molecule has 4 rings (SSSR count). The van der Waals surface area contributed by atoms with Crippen LogP contribution in [0.5, 0.6) is 5.75 Å². The lowest BCUT2D eigenvalue weighted by atomic mass is 9.74. The fraction of sp³-hybridized carbons (Fsp3) is 0.360. The molecule has 0 atom stereocenters. The molecule has 1 aliphatic rings. The first kappa shape index (κ1) is 22.4. The molecule has 1 amide bonds. The van der Waals surface area contributed by atoms with Gasteiger partial charge in [-0.25, -0.2) is 9.37 Å². The van der Waals surface area contributed by atoms with Crippen LogP contribution < -0.4 is 10.1 Å². The van der Waals surface area contributed by atoms with Gasteiger partial charge in [-0.2, -0.15) is 0 Å². The highest BCUT2D eigenvalue weighted by Crippen LogP contribution is 2.35. The second-order valence-electron chi connectivity index (χ2n) is 7.93. The van der Waals surface area contributed by atoms with Crippen molar-refractivity contribution in [2.45, 2.75) is 31.6 Å². The molecular formula is C25H27FN2O3S. The van der Waals surface area contributed by atoms with E-state index in [2.05, 4.69) is 10.3 Å². The van der Waals surface area contributed by atoms with Gasteiger partial charge >= 0.3 is 0 Å². The first-order valence-corrected chi connectivity index (χ1v) is 11.7. The molecule has 0 bridgehead atoms. The van der Waals surface area contributed by atoms with Crippen LogP contribution in [-0.2, 0) is 21.4 Å². The van der Waals surface area contributed by atoms with Crippen LogP contribution in [-0.4, -0.2) is 37.3 Å². The topological polar surface area (TPSA) is 60.5 Å². The van der Waals surface area contributed by atoms with Gasteiger partial charge in [0.15, 0.2) is 0 Å². The average molecular weight is 455 g/mol. The monoisotopic (exact) mass is 454 g/mol. The van der Waals surface area contributed by atoms with E-state index in [1.807, 2.05) is 48.7 Å². The molecule has 1 aromatic heterocycles. The Morgan fingerprint density at radius 2 is 1.94 bits per heavy atom. The number of nitrogens with zero attached hydrogens (tertiary/aromatic N) is 1. The smallest absolute Gasteiger partial charge is 0.226 e. The molecule has 1 saturated heterocycles. The minimum atomic E-state index is -0.259. The fourth-order valence-electron chi connectivity index (χ4n) is 4.06. The van der Waals surface area contributed by atoms with Gasteiger partial charge in [0.05, 0.1) is 24.3 Å². The van der Waals surface area contributed by atoms with Crippen LogP contribution in [0.4, 0.5) is 4.39 Å². The Labute approximate surface area is 191 Å². The summed E-state index contributed by atoms with van der Waals surface area (Å²) in [7, 11) is 0. The van der Waals surface area contributed by atoms with Crippen molar-refractivity contribution in [3.05, 3.63) is 71.0 Å². The van der Waals surface area contributed by atoms with Crippen LogP contribution >= 0.6 is 11.3 Å². The van der Waals surface area contributed by atoms with Gasteiger partial charge in [-0.1, -0.05) is 24.3 Å². The van der Waals surface area contributed by atoms with Gasteiger partial charge in [-0.05, 0) is 49.6 Å². The van der Waals surface area contributed by atoms with Crippen LogP contribution in [0.1, 0.15) is 31.0 Å². The zero-order chi connectivity index (χ0) is 22.4. The summed E-state index contributed by atoms with van der Waals surface area (Å²) in [6.07, 6.45) is 1.78. The average Bonchev–Trinajstić information content (AvgIpc) is 3.27. The van der Waals surface area contributed by atoms with Crippen molar-refractivity contribution in [2.24, 2.45) is 0 Å². The zero-order valence-electron chi connectivity index (χ0n) is 18.1. The van der Waals surface area contributed by atoms with Crippen LogP contribution in [0, 0.1) is 5.82 Å². The Morgan fingerprint density at radius 3 is 2.69 bits per heavy atom. The van der Waals surface area contributed by atoms with Crippen molar-refractivity contribution in [1.82, 2.24) is 10.3 Å². The van der Waals surface area contributed by atoms with Gasteiger partial charge in [0.1, 0.15) is 16.6 Å². The molecule has 0 spiro atoms. The number of aromatic nitrogens is 1. The van der Waals surface area contributed by atoms with E-state index in [-0.39, 0.29) is 23.6 Å². The molecule has 0 radical (unpaired) electrons. The summed E-state index contributed by atoms with van der Waals surface area (Å²) in [4.78, 5) is 17.4. The molecule has 1 aliphatic heterocycles. The predicted octanol–water partition coefficient (Wildman–Crippen LogP) is 4.76. The molecule has 32 heavy (non-hydrogen) atoms. The van der Waals surface area contributed by atoms with Crippen molar-refractivity contribution < 1.29 is 18.7 Å². The van der Waals surface area contributed by atoms with Gasteiger partial charge in [0.25, 0.3) is 0 Å². The lowest BCUT2D eigenvalue weighted by molar-refractivity contribution is -0.121. The number of halogens is 1. The second-order valence-corrected chi connectivity index (χ2v) is 8.78. The second kappa shape index (κ2) is 10.2. The van der Waals surface area contributed by atoms with Crippen LogP contribution in [0.25, 0.3) is 10.6 Å². The number of hydrogen-bond donors (Lipinski definition) is 1.